The third kappa shape index (κ3) is 2.65. The van der Waals surface area contributed by atoms with Gasteiger partial charge in [-0.25, -0.2) is 0 Å². The Labute approximate surface area is 148 Å². The first-order valence-corrected chi connectivity index (χ1v) is 9.18. The van der Waals surface area contributed by atoms with E-state index in [2.05, 4.69) is 9.97 Å². The minimum atomic E-state index is -0.270. The van der Waals surface area contributed by atoms with Crippen LogP contribution in [0.4, 0.5) is 11.5 Å². The molecule has 0 spiro atoms. The van der Waals surface area contributed by atoms with Crippen LogP contribution >= 0.6 is 11.6 Å². The second kappa shape index (κ2) is 6.24. The minimum absolute atomic E-state index is 0.0799. The van der Waals surface area contributed by atoms with Gasteiger partial charge in [-0.3, -0.25) is 0 Å². The van der Waals surface area contributed by atoms with Crippen molar-refractivity contribution in [1.29, 1.82) is 0 Å². The van der Waals surface area contributed by atoms with Crippen molar-refractivity contribution in [2.45, 2.75) is 0 Å². The summed E-state index contributed by atoms with van der Waals surface area (Å²) in [5, 5.41) is 3.01. The van der Waals surface area contributed by atoms with E-state index in [1.165, 1.54) is 0 Å². The fourth-order valence-corrected chi connectivity index (χ4v) is 4.57. The Balaban J connectivity index is 1.99. The van der Waals surface area contributed by atoms with Crippen LogP contribution in [0, 0.1) is 0 Å². The number of pyridine rings is 2. The predicted molar refractivity (Wildman–Crippen MR) is 96.2 cm³/mol. The number of benzene rings is 1. The molecular formula is C17H11ClN4OSe. The van der Waals surface area contributed by atoms with E-state index in [9.17, 15) is 4.79 Å². The summed E-state index contributed by atoms with van der Waals surface area (Å²) in [5.74, 6) is 0.594. The van der Waals surface area contributed by atoms with Crippen LogP contribution in [0.5, 0.6) is 0 Å². The van der Waals surface area contributed by atoms with Gasteiger partial charge in [-0.05, 0) is 0 Å². The van der Waals surface area contributed by atoms with Crippen molar-refractivity contribution in [1.82, 2.24) is 13.6 Å². The van der Waals surface area contributed by atoms with Gasteiger partial charge < -0.3 is 0 Å². The number of hydrogen-bond acceptors (Lipinski definition) is 4. The van der Waals surface area contributed by atoms with Crippen molar-refractivity contribution in [2.24, 2.45) is 0 Å². The summed E-state index contributed by atoms with van der Waals surface area (Å²) in [6.45, 7) is 0. The Morgan fingerprint density at radius 3 is 2.58 bits per heavy atom. The second-order valence-corrected chi connectivity index (χ2v) is 7.36. The van der Waals surface area contributed by atoms with E-state index in [0.29, 0.717) is 16.2 Å². The van der Waals surface area contributed by atoms with Gasteiger partial charge in [0.25, 0.3) is 0 Å². The van der Waals surface area contributed by atoms with Gasteiger partial charge in [-0.2, -0.15) is 0 Å². The molecule has 4 rings (SSSR count). The molecule has 0 N–H and O–H groups in total. The summed E-state index contributed by atoms with van der Waals surface area (Å²) >= 11 is 5.86. The van der Waals surface area contributed by atoms with Crippen LogP contribution in [-0.2, 0) is 0 Å². The molecule has 0 aliphatic carbocycles. The molecule has 0 fully saturated rings. The van der Waals surface area contributed by atoms with Crippen molar-refractivity contribution in [2.75, 3.05) is 5.01 Å². The van der Waals surface area contributed by atoms with Crippen molar-refractivity contribution in [3.63, 3.8) is 0 Å². The molecule has 3 aromatic heterocycles. The first-order valence-electron chi connectivity index (χ1n) is 7.18. The third-order valence-corrected chi connectivity index (χ3v) is 5.79. The molecule has 0 amide bonds. The molecule has 0 saturated carbocycles. The van der Waals surface area contributed by atoms with Gasteiger partial charge in [0.2, 0.25) is 0 Å². The third-order valence-electron chi connectivity index (χ3n) is 3.46. The normalized spacial score (nSPS) is 10.9. The molecule has 4 aromatic rings. The molecule has 7 heteroatoms. The van der Waals surface area contributed by atoms with Crippen LogP contribution in [0.2, 0.25) is 5.02 Å². The van der Waals surface area contributed by atoms with Gasteiger partial charge in [0, 0.05) is 0 Å². The van der Waals surface area contributed by atoms with E-state index in [4.69, 9.17) is 11.6 Å². The van der Waals surface area contributed by atoms with E-state index in [1.54, 1.807) is 45.3 Å². The van der Waals surface area contributed by atoms with Gasteiger partial charge in [-0.1, -0.05) is 0 Å². The Morgan fingerprint density at radius 1 is 1.00 bits per heavy atom. The zero-order chi connectivity index (χ0) is 16.5. The molecule has 0 unspecified atom stereocenters. The van der Waals surface area contributed by atoms with Crippen LogP contribution in [-0.4, -0.2) is 28.4 Å². The number of para-hydroxylation sites is 1. The van der Waals surface area contributed by atoms with Crippen molar-refractivity contribution < 1.29 is 0 Å². The SMILES string of the molecule is O=c1c2cccnc2[se]n1N(c1ccccc1)c1cc(Cl)ccn1. The molecule has 118 valence electrons. The number of nitrogens with zero attached hydrogens (tertiary/aromatic N) is 4. The summed E-state index contributed by atoms with van der Waals surface area (Å²) in [6.07, 6.45) is 3.34. The number of halogens is 1. The van der Waals surface area contributed by atoms with Crippen LogP contribution in [0.15, 0.2) is 71.8 Å². The molecule has 0 aliphatic rings. The van der Waals surface area contributed by atoms with Crippen LogP contribution in [0.3, 0.4) is 0 Å². The van der Waals surface area contributed by atoms with Crippen LogP contribution in [0.25, 0.3) is 9.78 Å². The average molecular weight is 402 g/mol. The second-order valence-electron chi connectivity index (χ2n) is 5.01. The monoisotopic (exact) mass is 402 g/mol. The molecule has 5 nitrogen and oxygen atoms in total. The Kier molecular flexibility index (Phi) is 3.94. The standard InChI is InChI=1S/C17H11ClN4OSe/c18-12-8-10-19-15(11-12)21(13-5-2-1-3-6-13)22-17(23)14-7-4-9-20-16(14)24-22/h1-11H. The first kappa shape index (κ1) is 15.1. The number of hydrogen-bond donors (Lipinski definition) is 0. The van der Waals surface area contributed by atoms with Crippen molar-refractivity contribution >= 4 is 47.6 Å². The van der Waals surface area contributed by atoms with Gasteiger partial charge in [0.1, 0.15) is 0 Å². The number of rotatable bonds is 3. The molecule has 0 bridgehead atoms. The first-order chi connectivity index (χ1) is 11.7. The maximum absolute atomic E-state index is 12.9. The van der Waals surface area contributed by atoms with Crippen molar-refractivity contribution in [3.8, 4) is 0 Å². The molecule has 24 heavy (non-hydrogen) atoms. The van der Waals surface area contributed by atoms with E-state index in [1.807, 2.05) is 30.3 Å². The van der Waals surface area contributed by atoms with Crippen molar-refractivity contribution in [3.05, 3.63) is 82.4 Å². The summed E-state index contributed by atoms with van der Waals surface area (Å²) in [5.41, 5.74) is 0.763. The Hall–Kier alpha value is -2.40. The number of aromatic nitrogens is 3. The van der Waals surface area contributed by atoms with Gasteiger partial charge >= 0.3 is 149 Å². The molecule has 0 aliphatic heterocycles. The van der Waals surface area contributed by atoms with Gasteiger partial charge in [-0.15, -0.1) is 0 Å². The summed E-state index contributed by atoms with van der Waals surface area (Å²) in [6, 6.07) is 16.7. The predicted octanol–water partition coefficient (Wildman–Crippen LogP) is 3.10. The maximum atomic E-state index is 12.9. The zero-order valence-electron chi connectivity index (χ0n) is 12.3. The fraction of sp³-hybridized carbons (Fsp3) is 0. The zero-order valence-corrected chi connectivity index (χ0v) is 14.8. The van der Waals surface area contributed by atoms with E-state index < -0.39 is 0 Å². The summed E-state index contributed by atoms with van der Waals surface area (Å²) in [4.78, 5) is 21.6. The van der Waals surface area contributed by atoms with Crippen LogP contribution < -0.4 is 10.6 Å². The van der Waals surface area contributed by atoms with E-state index in [0.717, 1.165) is 10.1 Å². The van der Waals surface area contributed by atoms with Gasteiger partial charge in [0.15, 0.2) is 0 Å². The topological polar surface area (TPSA) is 51.0 Å². The fourth-order valence-electron chi connectivity index (χ4n) is 2.39. The van der Waals surface area contributed by atoms with Gasteiger partial charge in [0.05, 0.1) is 0 Å². The summed E-state index contributed by atoms with van der Waals surface area (Å²) < 4.78 is 2.51. The van der Waals surface area contributed by atoms with E-state index in [-0.39, 0.29) is 20.3 Å². The average Bonchev–Trinajstić information content (AvgIpc) is 2.93. The van der Waals surface area contributed by atoms with Crippen LogP contribution in [0.1, 0.15) is 0 Å². The molecule has 0 radical (unpaired) electrons. The number of fused-ring (bicyclic) bond motifs is 1. The molecule has 1 aromatic carbocycles. The Bertz CT molecular complexity index is 1060. The number of anilines is 2. The van der Waals surface area contributed by atoms with E-state index >= 15 is 0 Å². The molecular weight excluding hydrogens is 391 g/mol. The summed E-state index contributed by atoms with van der Waals surface area (Å²) in [7, 11) is 0. The Morgan fingerprint density at radius 2 is 1.83 bits per heavy atom. The quantitative estimate of drug-likeness (QED) is 0.495. The molecule has 0 saturated heterocycles. The molecule has 3 heterocycles. The molecule has 0 atom stereocenters.